The molecule has 2 aliphatic carbocycles. The SMILES string of the molecule is CCC(=O)CC=C1C2CCC(C2)C1(C)C. The molecule has 2 unspecified atom stereocenters. The van der Waals surface area contributed by atoms with Gasteiger partial charge in [-0.3, -0.25) is 4.79 Å². The first-order valence-corrected chi connectivity index (χ1v) is 6.28. The zero-order valence-electron chi connectivity index (χ0n) is 10.2. The lowest BCUT2D eigenvalue weighted by atomic mass is 9.72. The van der Waals surface area contributed by atoms with Gasteiger partial charge in [-0.15, -0.1) is 0 Å². The number of hydrogen-bond acceptors (Lipinski definition) is 1. The number of Topliss-reactive ketones (excluding diaryl/α,β-unsaturated/α-hetero) is 1. The van der Waals surface area contributed by atoms with Crippen LogP contribution in [0.5, 0.6) is 0 Å². The number of allylic oxidation sites excluding steroid dienone is 2. The second-order valence-corrected chi connectivity index (χ2v) is 5.68. The van der Waals surface area contributed by atoms with Crippen LogP contribution >= 0.6 is 0 Å². The zero-order valence-corrected chi connectivity index (χ0v) is 10.2. The molecule has 2 atom stereocenters. The molecule has 1 nitrogen and oxygen atoms in total. The summed E-state index contributed by atoms with van der Waals surface area (Å²) < 4.78 is 0. The third kappa shape index (κ3) is 1.77. The minimum atomic E-state index is 0.372. The van der Waals surface area contributed by atoms with Crippen LogP contribution in [0.3, 0.4) is 0 Å². The van der Waals surface area contributed by atoms with Crippen molar-refractivity contribution in [3.05, 3.63) is 11.6 Å². The number of hydrogen-bond donors (Lipinski definition) is 0. The van der Waals surface area contributed by atoms with E-state index in [0.717, 1.165) is 11.8 Å². The fourth-order valence-corrected chi connectivity index (χ4v) is 3.48. The number of carbonyl (C=O) groups is 1. The van der Waals surface area contributed by atoms with Crippen molar-refractivity contribution in [3.8, 4) is 0 Å². The van der Waals surface area contributed by atoms with Crippen molar-refractivity contribution in [2.24, 2.45) is 17.3 Å². The first kappa shape index (κ1) is 10.9. The van der Waals surface area contributed by atoms with E-state index in [9.17, 15) is 4.79 Å². The lowest BCUT2D eigenvalue weighted by Gasteiger charge is -2.32. The summed E-state index contributed by atoms with van der Waals surface area (Å²) in [5, 5.41) is 0. The van der Waals surface area contributed by atoms with Gasteiger partial charge >= 0.3 is 0 Å². The van der Waals surface area contributed by atoms with Gasteiger partial charge in [0.2, 0.25) is 0 Å². The van der Waals surface area contributed by atoms with Gasteiger partial charge in [-0.05, 0) is 36.5 Å². The molecule has 0 spiro atoms. The third-order valence-electron chi connectivity index (χ3n) is 4.58. The van der Waals surface area contributed by atoms with E-state index in [-0.39, 0.29) is 0 Å². The monoisotopic (exact) mass is 206 g/mol. The fraction of sp³-hybridized carbons (Fsp3) is 0.786. The molecule has 0 saturated heterocycles. The van der Waals surface area contributed by atoms with Crippen LogP contribution in [0.1, 0.15) is 52.9 Å². The fourth-order valence-electron chi connectivity index (χ4n) is 3.48. The molecule has 2 rings (SSSR count). The summed E-state index contributed by atoms with van der Waals surface area (Å²) in [4.78, 5) is 11.3. The highest BCUT2D eigenvalue weighted by Gasteiger charge is 2.48. The molecule has 1 heteroatoms. The highest BCUT2D eigenvalue weighted by atomic mass is 16.1. The quantitative estimate of drug-likeness (QED) is 0.643. The van der Waals surface area contributed by atoms with Crippen molar-refractivity contribution in [2.75, 3.05) is 0 Å². The van der Waals surface area contributed by atoms with E-state index in [4.69, 9.17) is 0 Å². The van der Waals surface area contributed by atoms with Crippen molar-refractivity contribution in [1.82, 2.24) is 0 Å². The molecular formula is C14H22O. The first-order chi connectivity index (χ1) is 7.05. The van der Waals surface area contributed by atoms with Gasteiger partial charge in [0.25, 0.3) is 0 Å². The van der Waals surface area contributed by atoms with Crippen LogP contribution in [0.15, 0.2) is 11.6 Å². The van der Waals surface area contributed by atoms with Crippen LogP contribution in [0.4, 0.5) is 0 Å². The maximum atomic E-state index is 11.3. The van der Waals surface area contributed by atoms with Crippen LogP contribution in [0.25, 0.3) is 0 Å². The molecule has 0 amide bonds. The van der Waals surface area contributed by atoms with Gasteiger partial charge < -0.3 is 0 Å². The maximum Gasteiger partial charge on any atom is 0.136 e. The molecule has 15 heavy (non-hydrogen) atoms. The van der Waals surface area contributed by atoms with Crippen molar-refractivity contribution >= 4 is 5.78 Å². The number of ketones is 1. The van der Waals surface area contributed by atoms with Crippen molar-refractivity contribution in [3.63, 3.8) is 0 Å². The molecule has 0 aromatic heterocycles. The minimum Gasteiger partial charge on any atom is -0.299 e. The second kappa shape index (κ2) is 3.77. The Labute approximate surface area is 92.9 Å². The maximum absolute atomic E-state index is 11.3. The number of carbonyl (C=O) groups excluding carboxylic acids is 1. The van der Waals surface area contributed by atoms with E-state index >= 15 is 0 Å². The summed E-state index contributed by atoms with van der Waals surface area (Å²) in [5.41, 5.74) is 1.96. The van der Waals surface area contributed by atoms with E-state index in [1.165, 1.54) is 19.3 Å². The van der Waals surface area contributed by atoms with Crippen LogP contribution < -0.4 is 0 Å². The Morgan fingerprint density at radius 3 is 2.73 bits per heavy atom. The molecule has 84 valence electrons. The average Bonchev–Trinajstić information content (AvgIpc) is 2.74. The summed E-state index contributed by atoms with van der Waals surface area (Å²) in [7, 11) is 0. The van der Waals surface area contributed by atoms with Crippen molar-refractivity contribution in [1.29, 1.82) is 0 Å². The third-order valence-corrected chi connectivity index (χ3v) is 4.58. The van der Waals surface area contributed by atoms with Crippen LogP contribution in [0.2, 0.25) is 0 Å². The molecule has 0 aliphatic heterocycles. The first-order valence-electron chi connectivity index (χ1n) is 6.28. The van der Waals surface area contributed by atoms with Crippen LogP contribution in [-0.2, 0) is 4.79 Å². The van der Waals surface area contributed by atoms with Crippen molar-refractivity contribution in [2.45, 2.75) is 52.9 Å². The van der Waals surface area contributed by atoms with E-state index in [1.54, 1.807) is 5.57 Å². The molecule has 0 aromatic carbocycles. The molecule has 0 aromatic rings. The Balaban J connectivity index is 2.12. The van der Waals surface area contributed by atoms with Crippen molar-refractivity contribution < 1.29 is 4.79 Å². The van der Waals surface area contributed by atoms with Gasteiger partial charge in [0.1, 0.15) is 5.78 Å². The molecule has 0 radical (unpaired) electrons. The smallest absolute Gasteiger partial charge is 0.136 e. The lowest BCUT2D eigenvalue weighted by Crippen LogP contribution is -2.22. The Morgan fingerprint density at radius 2 is 2.20 bits per heavy atom. The lowest BCUT2D eigenvalue weighted by molar-refractivity contribution is -0.117. The Hall–Kier alpha value is -0.590. The number of fused-ring (bicyclic) bond motifs is 2. The second-order valence-electron chi connectivity index (χ2n) is 5.68. The van der Waals surface area contributed by atoms with Gasteiger partial charge in [-0.25, -0.2) is 0 Å². The summed E-state index contributed by atoms with van der Waals surface area (Å²) in [6, 6.07) is 0. The summed E-state index contributed by atoms with van der Waals surface area (Å²) in [5.74, 6) is 2.06. The van der Waals surface area contributed by atoms with E-state index < -0.39 is 0 Å². The molecule has 0 N–H and O–H groups in total. The van der Waals surface area contributed by atoms with Gasteiger partial charge in [0.15, 0.2) is 0 Å². The Kier molecular flexibility index (Phi) is 2.74. The zero-order chi connectivity index (χ0) is 11.1. The van der Waals surface area contributed by atoms with E-state index in [0.29, 0.717) is 24.0 Å². The summed E-state index contributed by atoms with van der Waals surface area (Å²) in [6.45, 7) is 6.67. The molecule has 2 saturated carbocycles. The predicted molar refractivity (Wildman–Crippen MR) is 62.6 cm³/mol. The van der Waals surface area contributed by atoms with Crippen LogP contribution in [-0.4, -0.2) is 5.78 Å². The molecular weight excluding hydrogens is 184 g/mol. The largest absolute Gasteiger partial charge is 0.299 e. The normalized spacial score (nSPS) is 35.0. The van der Waals surface area contributed by atoms with Crippen LogP contribution in [0, 0.1) is 17.3 Å². The molecule has 0 heterocycles. The highest BCUT2D eigenvalue weighted by Crippen LogP contribution is 2.58. The molecule has 2 bridgehead atoms. The van der Waals surface area contributed by atoms with Gasteiger partial charge in [-0.2, -0.15) is 0 Å². The molecule has 2 aliphatic rings. The highest BCUT2D eigenvalue weighted by molar-refractivity contribution is 5.79. The van der Waals surface area contributed by atoms with E-state index in [2.05, 4.69) is 19.9 Å². The standard InChI is InChI=1S/C14H22O/c1-4-12(15)7-8-13-10-5-6-11(9-10)14(13,2)3/h8,10-11H,4-7,9H2,1-3H3. The number of rotatable bonds is 3. The van der Waals surface area contributed by atoms with Gasteiger partial charge in [0.05, 0.1) is 0 Å². The van der Waals surface area contributed by atoms with Gasteiger partial charge in [-0.1, -0.05) is 32.4 Å². The predicted octanol–water partition coefficient (Wildman–Crippen LogP) is 3.74. The Bertz CT molecular complexity index is 298. The molecule has 2 fully saturated rings. The topological polar surface area (TPSA) is 17.1 Å². The minimum absolute atomic E-state index is 0.372. The van der Waals surface area contributed by atoms with Gasteiger partial charge in [0, 0.05) is 12.8 Å². The van der Waals surface area contributed by atoms with E-state index in [1.807, 2.05) is 6.92 Å². The summed E-state index contributed by atoms with van der Waals surface area (Å²) in [6.07, 6.45) is 7.72. The average molecular weight is 206 g/mol. The Morgan fingerprint density at radius 1 is 1.47 bits per heavy atom. The summed E-state index contributed by atoms with van der Waals surface area (Å²) >= 11 is 0.